The summed E-state index contributed by atoms with van der Waals surface area (Å²) in [6.07, 6.45) is 0. The number of aromatic nitrogens is 3. The lowest BCUT2D eigenvalue weighted by atomic mass is 9.98. The zero-order chi connectivity index (χ0) is 36.6. The van der Waals surface area contributed by atoms with Gasteiger partial charge in [0.05, 0.1) is 50.3 Å². The SMILES string of the molecule is N#Cc1ccc(-n2c3ccccc3c3cccc(C#N)c32)cc1-c1cccc(-n2c3ccccc3c3cc(-n4c5ccccc5c5ccccc54)ccc32)c1. The Morgan fingerprint density at radius 2 is 0.800 bits per heavy atom. The van der Waals surface area contributed by atoms with Crippen molar-refractivity contribution in [3.63, 3.8) is 0 Å². The van der Waals surface area contributed by atoms with Crippen LogP contribution in [0, 0.1) is 22.7 Å². The molecule has 11 aromatic rings. The zero-order valence-electron chi connectivity index (χ0n) is 29.5. The van der Waals surface area contributed by atoms with E-state index in [2.05, 4.69) is 165 Å². The van der Waals surface area contributed by atoms with Gasteiger partial charge in [-0.05, 0) is 84.4 Å². The molecule has 0 aliphatic heterocycles. The van der Waals surface area contributed by atoms with Crippen LogP contribution in [0.25, 0.3) is 93.6 Å². The molecule has 11 rings (SSSR count). The van der Waals surface area contributed by atoms with Crippen molar-refractivity contribution in [2.75, 3.05) is 0 Å². The van der Waals surface area contributed by atoms with Gasteiger partial charge in [-0.15, -0.1) is 0 Å². The largest absolute Gasteiger partial charge is 0.309 e. The van der Waals surface area contributed by atoms with E-state index in [1.54, 1.807) is 0 Å². The van der Waals surface area contributed by atoms with Gasteiger partial charge >= 0.3 is 0 Å². The molecule has 0 unspecified atom stereocenters. The van der Waals surface area contributed by atoms with E-state index in [9.17, 15) is 10.5 Å². The highest BCUT2D eigenvalue weighted by Gasteiger charge is 2.19. The molecule has 0 fully saturated rings. The number of nitrogens with zero attached hydrogens (tertiary/aromatic N) is 5. The van der Waals surface area contributed by atoms with Gasteiger partial charge in [-0.2, -0.15) is 10.5 Å². The summed E-state index contributed by atoms with van der Waals surface area (Å²) >= 11 is 0. The smallest absolute Gasteiger partial charge is 0.101 e. The van der Waals surface area contributed by atoms with Gasteiger partial charge in [0, 0.05) is 54.9 Å². The highest BCUT2D eigenvalue weighted by Crippen LogP contribution is 2.39. The molecule has 0 aliphatic carbocycles. The topological polar surface area (TPSA) is 62.4 Å². The van der Waals surface area contributed by atoms with E-state index >= 15 is 0 Å². The van der Waals surface area contributed by atoms with Crippen LogP contribution in [0.15, 0.2) is 176 Å². The second kappa shape index (κ2) is 11.8. The van der Waals surface area contributed by atoms with Gasteiger partial charge in [-0.1, -0.05) is 97.1 Å². The van der Waals surface area contributed by atoms with Crippen molar-refractivity contribution >= 4 is 65.4 Å². The monoisotopic (exact) mass is 699 g/mol. The lowest BCUT2D eigenvalue weighted by Crippen LogP contribution is -1.98. The molecule has 0 amide bonds. The number of rotatable bonds is 4. The molecular formula is C50H29N5. The maximum atomic E-state index is 10.4. The third-order valence-electron chi connectivity index (χ3n) is 11.1. The first-order valence-corrected chi connectivity index (χ1v) is 18.3. The van der Waals surface area contributed by atoms with E-state index in [0.29, 0.717) is 11.1 Å². The van der Waals surface area contributed by atoms with Crippen LogP contribution in [0.3, 0.4) is 0 Å². The molecule has 254 valence electrons. The van der Waals surface area contributed by atoms with Crippen LogP contribution in [0.1, 0.15) is 11.1 Å². The van der Waals surface area contributed by atoms with Crippen LogP contribution in [-0.4, -0.2) is 13.7 Å². The molecule has 0 radical (unpaired) electrons. The Morgan fingerprint density at radius 3 is 1.44 bits per heavy atom. The van der Waals surface area contributed by atoms with Crippen molar-refractivity contribution in [3.8, 4) is 40.3 Å². The average molecular weight is 700 g/mol. The molecular weight excluding hydrogens is 671 g/mol. The first-order chi connectivity index (χ1) is 27.2. The van der Waals surface area contributed by atoms with E-state index in [0.717, 1.165) is 61.0 Å². The van der Waals surface area contributed by atoms with E-state index in [1.165, 1.54) is 32.6 Å². The molecule has 3 aromatic heterocycles. The number of benzene rings is 8. The summed E-state index contributed by atoms with van der Waals surface area (Å²) in [5.41, 5.74) is 12.4. The maximum Gasteiger partial charge on any atom is 0.101 e. The molecule has 5 heteroatoms. The number of fused-ring (bicyclic) bond motifs is 9. The van der Waals surface area contributed by atoms with Gasteiger partial charge in [0.2, 0.25) is 0 Å². The van der Waals surface area contributed by atoms with Gasteiger partial charge in [0.1, 0.15) is 6.07 Å². The number of nitriles is 2. The third kappa shape index (κ3) is 4.45. The van der Waals surface area contributed by atoms with E-state index in [-0.39, 0.29) is 0 Å². The number of hydrogen-bond donors (Lipinski definition) is 0. The van der Waals surface area contributed by atoms with Gasteiger partial charge < -0.3 is 13.7 Å². The lowest BCUT2D eigenvalue weighted by Gasteiger charge is -2.14. The summed E-state index contributed by atoms with van der Waals surface area (Å²) in [6.45, 7) is 0. The Labute approximate surface area is 316 Å². The van der Waals surface area contributed by atoms with E-state index in [4.69, 9.17) is 0 Å². The summed E-state index contributed by atoms with van der Waals surface area (Å²) < 4.78 is 6.84. The van der Waals surface area contributed by atoms with Gasteiger partial charge in [-0.25, -0.2) is 0 Å². The molecule has 0 N–H and O–H groups in total. The van der Waals surface area contributed by atoms with Crippen LogP contribution in [0.4, 0.5) is 0 Å². The molecule has 0 saturated heterocycles. The summed E-state index contributed by atoms with van der Waals surface area (Å²) in [4.78, 5) is 0. The zero-order valence-corrected chi connectivity index (χ0v) is 29.5. The fourth-order valence-corrected chi connectivity index (χ4v) is 8.78. The molecule has 0 aliphatic rings. The molecule has 3 heterocycles. The summed E-state index contributed by atoms with van der Waals surface area (Å²) in [5, 5.41) is 27.5. The molecule has 5 nitrogen and oxygen atoms in total. The Bertz CT molecular complexity index is 3420. The predicted octanol–water partition coefficient (Wildman–Crippen LogP) is 12.4. The highest BCUT2D eigenvalue weighted by atomic mass is 15.0. The molecule has 0 atom stereocenters. The Balaban J connectivity index is 1.10. The van der Waals surface area contributed by atoms with Crippen molar-refractivity contribution in [1.82, 2.24) is 13.7 Å². The summed E-state index contributed by atoms with van der Waals surface area (Å²) in [5.74, 6) is 0. The van der Waals surface area contributed by atoms with Crippen molar-refractivity contribution in [3.05, 3.63) is 187 Å². The van der Waals surface area contributed by atoms with Crippen LogP contribution in [0.5, 0.6) is 0 Å². The van der Waals surface area contributed by atoms with Crippen molar-refractivity contribution in [2.45, 2.75) is 0 Å². The fourth-order valence-electron chi connectivity index (χ4n) is 8.78. The van der Waals surface area contributed by atoms with Crippen molar-refractivity contribution in [1.29, 1.82) is 10.5 Å². The second-order valence-corrected chi connectivity index (χ2v) is 14.0. The summed E-state index contributed by atoms with van der Waals surface area (Å²) in [7, 11) is 0. The van der Waals surface area contributed by atoms with E-state index in [1.807, 2.05) is 36.4 Å². The molecule has 0 spiro atoms. The van der Waals surface area contributed by atoms with Crippen molar-refractivity contribution in [2.24, 2.45) is 0 Å². The van der Waals surface area contributed by atoms with E-state index < -0.39 is 0 Å². The molecule has 0 saturated carbocycles. The van der Waals surface area contributed by atoms with Crippen molar-refractivity contribution < 1.29 is 0 Å². The Hall–Kier alpha value is -7.86. The number of hydrogen-bond acceptors (Lipinski definition) is 2. The normalized spacial score (nSPS) is 11.6. The van der Waals surface area contributed by atoms with Crippen LogP contribution in [0.2, 0.25) is 0 Å². The average Bonchev–Trinajstić information content (AvgIpc) is 3.89. The minimum absolute atomic E-state index is 0.584. The first-order valence-electron chi connectivity index (χ1n) is 18.3. The highest BCUT2D eigenvalue weighted by molar-refractivity contribution is 6.13. The molecule has 8 aromatic carbocycles. The first kappa shape index (κ1) is 30.7. The fraction of sp³-hybridized carbons (Fsp3) is 0. The minimum Gasteiger partial charge on any atom is -0.309 e. The lowest BCUT2D eigenvalue weighted by molar-refractivity contribution is 1.16. The maximum absolute atomic E-state index is 10.4. The standard InChI is InChI=1S/C50H29N5/c51-30-33-23-24-37(55-48-22-8-3-16-40(48)42-18-10-12-34(31-52)50(42)55)28-43(33)32-11-9-13-35(27-32)53-47-21-7-4-17-41(47)44-29-36(25-26-49(44)53)54-45-19-5-1-14-38(45)39-15-2-6-20-46(39)54/h1-29H. The van der Waals surface area contributed by atoms with Gasteiger partial charge in [-0.3, -0.25) is 0 Å². The molecule has 55 heavy (non-hydrogen) atoms. The van der Waals surface area contributed by atoms with Gasteiger partial charge in [0.25, 0.3) is 0 Å². The second-order valence-electron chi connectivity index (χ2n) is 14.0. The summed E-state index contributed by atoms with van der Waals surface area (Å²) in [6, 6.07) is 66.0. The number of para-hydroxylation sites is 5. The van der Waals surface area contributed by atoms with Crippen LogP contribution >= 0.6 is 0 Å². The predicted molar refractivity (Wildman–Crippen MR) is 224 cm³/mol. The van der Waals surface area contributed by atoms with Crippen LogP contribution in [-0.2, 0) is 0 Å². The van der Waals surface area contributed by atoms with Crippen LogP contribution < -0.4 is 0 Å². The molecule has 0 bridgehead atoms. The Kier molecular flexibility index (Phi) is 6.61. The van der Waals surface area contributed by atoms with Gasteiger partial charge in [0.15, 0.2) is 0 Å². The quantitative estimate of drug-likeness (QED) is 0.184. The minimum atomic E-state index is 0.584. The third-order valence-corrected chi connectivity index (χ3v) is 11.1. The Morgan fingerprint density at radius 1 is 0.327 bits per heavy atom.